The van der Waals surface area contributed by atoms with Gasteiger partial charge in [-0.1, -0.05) is 52.3 Å². The van der Waals surface area contributed by atoms with E-state index in [4.69, 9.17) is 14.6 Å². The van der Waals surface area contributed by atoms with Crippen molar-refractivity contribution in [2.75, 3.05) is 14.2 Å². The highest BCUT2D eigenvalue weighted by atomic mass is 79.9. The lowest BCUT2D eigenvalue weighted by molar-refractivity contribution is 0.0620. The summed E-state index contributed by atoms with van der Waals surface area (Å²) in [6, 6.07) is 17.4. The lowest BCUT2D eigenvalue weighted by Gasteiger charge is -2.43. The smallest absolute Gasteiger partial charge is 0.161 e. The van der Waals surface area contributed by atoms with Crippen LogP contribution in [0, 0.1) is 5.92 Å². The van der Waals surface area contributed by atoms with Crippen LogP contribution in [0.25, 0.3) is 0 Å². The van der Waals surface area contributed by atoms with Crippen molar-refractivity contribution in [1.82, 2.24) is 10.3 Å². The van der Waals surface area contributed by atoms with Gasteiger partial charge in [-0.25, -0.2) is 0 Å². The molecule has 5 rings (SSSR count). The number of hydrogen-bond donors (Lipinski definition) is 1. The van der Waals surface area contributed by atoms with Crippen LogP contribution in [0.3, 0.4) is 0 Å². The highest BCUT2D eigenvalue weighted by Crippen LogP contribution is 2.45. The van der Waals surface area contributed by atoms with Gasteiger partial charge in [0.1, 0.15) is 6.17 Å². The van der Waals surface area contributed by atoms with E-state index in [9.17, 15) is 0 Å². The predicted octanol–water partition coefficient (Wildman–Crippen LogP) is 4.33. The summed E-state index contributed by atoms with van der Waals surface area (Å²) in [6.45, 7) is 0. The molecule has 0 radical (unpaired) electrons. The zero-order valence-corrected chi connectivity index (χ0v) is 18.3. The van der Waals surface area contributed by atoms with Gasteiger partial charge in [-0.2, -0.15) is 5.10 Å². The normalized spacial score (nSPS) is 28.7. The van der Waals surface area contributed by atoms with E-state index in [1.54, 1.807) is 14.2 Å². The minimum Gasteiger partial charge on any atom is -0.493 e. The van der Waals surface area contributed by atoms with Gasteiger partial charge in [-0.3, -0.25) is 10.3 Å². The molecule has 4 atom stereocenters. The molecule has 5 nitrogen and oxygen atoms in total. The van der Waals surface area contributed by atoms with Crippen LogP contribution in [-0.2, 0) is 0 Å². The Morgan fingerprint density at radius 1 is 1.03 bits per heavy atom. The molecule has 2 aromatic carbocycles. The summed E-state index contributed by atoms with van der Waals surface area (Å²) < 4.78 is 11.0. The molecule has 0 spiro atoms. The minimum absolute atomic E-state index is 0.141. The molecular formula is C23H26BrN3O2. The molecule has 0 amide bonds. The Bertz CT molecular complexity index is 916. The van der Waals surface area contributed by atoms with Crippen LogP contribution in [0.4, 0.5) is 0 Å². The van der Waals surface area contributed by atoms with Crippen LogP contribution in [0.15, 0.2) is 53.6 Å². The van der Waals surface area contributed by atoms with Gasteiger partial charge < -0.3 is 9.47 Å². The lowest BCUT2D eigenvalue weighted by atomic mass is 9.92. The number of benzene rings is 2. The molecule has 29 heavy (non-hydrogen) atoms. The Hall–Kier alpha value is -2.05. The number of fused-ring (bicyclic) bond motifs is 1. The quantitative estimate of drug-likeness (QED) is 0.681. The van der Waals surface area contributed by atoms with E-state index in [-0.39, 0.29) is 17.0 Å². The summed E-state index contributed by atoms with van der Waals surface area (Å²) in [5.74, 6) is 2.30. The highest BCUT2D eigenvalue weighted by molar-refractivity contribution is 9.10. The Balaban J connectivity index is 1.53. The Morgan fingerprint density at radius 3 is 2.48 bits per heavy atom. The molecule has 2 fully saturated rings. The molecule has 0 bridgehead atoms. The van der Waals surface area contributed by atoms with Gasteiger partial charge in [0.2, 0.25) is 0 Å². The van der Waals surface area contributed by atoms with Gasteiger partial charge in [0.05, 0.1) is 30.8 Å². The molecule has 1 saturated carbocycles. The Kier molecular flexibility index (Phi) is 5.00. The van der Waals surface area contributed by atoms with E-state index in [2.05, 4.69) is 62.7 Å². The van der Waals surface area contributed by atoms with Crippen LogP contribution in [0.2, 0.25) is 0 Å². The van der Waals surface area contributed by atoms with Crippen molar-refractivity contribution in [2.24, 2.45) is 11.0 Å². The summed E-state index contributed by atoms with van der Waals surface area (Å²) in [7, 11) is 3.36. The second kappa shape index (κ2) is 7.65. The number of rotatable bonds is 5. The molecule has 2 heterocycles. The first-order valence-electron chi connectivity index (χ1n) is 10.2. The molecular weight excluding hydrogens is 430 g/mol. The first-order chi connectivity index (χ1) is 14.2. The summed E-state index contributed by atoms with van der Waals surface area (Å²) in [6.07, 6.45) is 3.83. The average molecular weight is 456 g/mol. The van der Waals surface area contributed by atoms with Crippen LogP contribution < -0.4 is 14.8 Å². The summed E-state index contributed by atoms with van der Waals surface area (Å²) in [5, 5.41) is 11.2. The average Bonchev–Trinajstić information content (AvgIpc) is 3.57. The topological polar surface area (TPSA) is 46.1 Å². The molecule has 4 unspecified atom stereocenters. The van der Waals surface area contributed by atoms with Crippen molar-refractivity contribution < 1.29 is 9.47 Å². The molecule has 1 saturated heterocycles. The standard InChI is InChI=1S/C23H26BrN3O2/c1-28-19-11-10-16(12-20(19)29-2)18-13-17(14-8-9-14)25-23-21(24)22(26-27(18)23)15-6-4-3-5-7-15/h3-7,10-12,14,17-18,21,23,25H,8-9,13H2,1-2H3. The second-order valence-corrected chi connectivity index (χ2v) is 9.04. The summed E-state index contributed by atoms with van der Waals surface area (Å²) >= 11 is 3.95. The van der Waals surface area contributed by atoms with Crippen molar-refractivity contribution in [3.63, 3.8) is 0 Å². The van der Waals surface area contributed by atoms with Gasteiger partial charge in [0.15, 0.2) is 11.5 Å². The maximum atomic E-state index is 5.57. The predicted molar refractivity (Wildman–Crippen MR) is 118 cm³/mol. The molecule has 1 N–H and O–H groups in total. The third kappa shape index (κ3) is 3.42. The number of ether oxygens (including phenoxy) is 2. The molecule has 152 valence electrons. The number of hydrogen-bond acceptors (Lipinski definition) is 5. The third-order valence-electron chi connectivity index (χ3n) is 6.28. The van der Waals surface area contributed by atoms with Gasteiger partial charge in [0, 0.05) is 6.04 Å². The number of methoxy groups -OCH3 is 2. The van der Waals surface area contributed by atoms with E-state index < -0.39 is 0 Å². The number of halogens is 1. The number of alkyl halides is 1. The van der Waals surface area contributed by atoms with Gasteiger partial charge in [-0.15, -0.1) is 0 Å². The maximum absolute atomic E-state index is 5.57. The van der Waals surface area contributed by atoms with Gasteiger partial charge in [-0.05, 0) is 48.4 Å². The van der Waals surface area contributed by atoms with Crippen LogP contribution in [0.5, 0.6) is 11.5 Å². The molecule has 2 aliphatic heterocycles. The number of hydrazone groups is 1. The van der Waals surface area contributed by atoms with E-state index in [0.29, 0.717) is 6.04 Å². The van der Waals surface area contributed by atoms with Crippen LogP contribution >= 0.6 is 15.9 Å². The lowest BCUT2D eigenvalue weighted by Crippen LogP contribution is -2.57. The summed E-state index contributed by atoms with van der Waals surface area (Å²) in [4.78, 5) is 0.147. The fourth-order valence-corrected chi connectivity index (χ4v) is 5.34. The Labute approximate surface area is 180 Å². The van der Waals surface area contributed by atoms with E-state index in [1.807, 2.05) is 12.1 Å². The SMILES string of the molecule is COc1ccc(C2CC(C3CC3)NC3C(Br)C(c4ccccc4)=NN23)cc1OC. The van der Waals surface area contributed by atoms with Crippen LogP contribution in [-0.4, -0.2) is 42.0 Å². The molecule has 0 aromatic heterocycles. The number of nitrogens with one attached hydrogen (secondary N) is 1. The van der Waals surface area contributed by atoms with E-state index in [0.717, 1.165) is 29.5 Å². The van der Waals surface area contributed by atoms with Crippen molar-refractivity contribution in [3.8, 4) is 11.5 Å². The second-order valence-electron chi connectivity index (χ2n) is 8.05. The zero-order valence-electron chi connectivity index (χ0n) is 16.7. The van der Waals surface area contributed by atoms with Crippen LogP contribution in [0.1, 0.15) is 36.4 Å². The van der Waals surface area contributed by atoms with E-state index in [1.165, 1.54) is 24.0 Å². The Morgan fingerprint density at radius 2 is 1.79 bits per heavy atom. The highest BCUT2D eigenvalue weighted by Gasteiger charge is 2.48. The summed E-state index contributed by atoms with van der Waals surface area (Å²) in [5.41, 5.74) is 3.47. The minimum atomic E-state index is 0.141. The van der Waals surface area contributed by atoms with Gasteiger partial charge in [0.25, 0.3) is 0 Å². The largest absolute Gasteiger partial charge is 0.493 e. The first-order valence-corrected chi connectivity index (χ1v) is 11.2. The maximum Gasteiger partial charge on any atom is 0.161 e. The van der Waals surface area contributed by atoms with Crippen molar-refractivity contribution in [3.05, 3.63) is 59.7 Å². The molecule has 3 aliphatic rings. The third-order valence-corrected chi connectivity index (χ3v) is 7.22. The van der Waals surface area contributed by atoms with E-state index >= 15 is 0 Å². The molecule has 2 aromatic rings. The fourth-order valence-electron chi connectivity index (χ4n) is 4.59. The van der Waals surface area contributed by atoms with Gasteiger partial charge >= 0.3 is 0 Å². The van der Waals surface area contributed by atoms with Crippen molar-refractivity contribution in [1.29, 1.82) is 0 Å². The zero-order chi connectivity index (χ0) is 20.0. The first kappa shape index (κ1) is 18.9. The fraction of sp³-hybridized carbons (Fsp3) is 0.435. The van der Waals surface area contributed by atoms with Crippen molar-refractivity contribution in [2.45, 2.75) is 42.3 Å². The number of nitrogens with zero attached hydrogens (tertiary/aromatic N) is 2. The van der Waals surface area contributed by atoms with Crippen molar-refractivity contribution >= 4 is 21.6 Å². The molecule has 1 aliphatic carbocycles. The monoisotopic (exact) mass is 455 g/mol. The molecule has 6 heteroatoms.